The Morgan fingerprint density at radius 2 is 1.85 bits per heavy atom. The van der Waals surface area contributed by atoms with Crippen LogP contribution in [0.4, 0.5) is 5.69 Å². The van der Waals surface area contributed by atoms with Crippen molar-refractivity contribution in [1.82, 2.24) is 8.87 Å². The molecule has 4 rings (SSSR count). The minimum Gasteiger partial charge on any atom is -0.395 e. The van der Waals surface area contributed by atoms with Crippen LogP contribution in [0.15, 0.2) is 63.8 Å². The van der Waals surface area contributed by atoms with Crippen molar-refractivity contribution in [3.8, 4) is 11.3 Å². The molecule has 0 radical (unpaired) electrons. The van der Waals surface area contributed by atoms with Gasteiger partial charge in [-0.1, -0.05) is 24.3 Å². The van der Waals surface area contributed by atoms with E-state index in [2.05, 4.69) is 4.99 Å². The summed E-state index contributed by atoms with van der Waals surface area (Å²) in [4.78, 5) is 17.3. The Morgan fingerprint density at radius 3 is 2.50 bits per heavy atom. The molecule has 182 valence electrons. The van der Waals surface area contributed by atoms with Crippen molar-refractivity contribution in [2.24, 2.45) is 4.99 Å². The molecule has 1 aliphatic rings. The second kappa shape index (κ2) is 11.5. The van der Waals surface area contributed by atoms with E-state index in [-0.39, 0.29) is 34.3 Å². The molecule has 0 bridgehead atoms. The van der Waals surface area contributed by atoms with Gasteiger partial charge in [-0.25, -0.2) is 13.4 Å². The third-order valence-corrected chi connectivity index (χ3v) is 8.13. The molecule has 3 aromatic rings. The molecule has 1 fully saturated rings. The van der Waals surface area contributed by atoms with Crippen LogP contribution in [-0.4, -0.2) is 61.1 Å². The zero-order chi connectivity index (χ0) is 23.4. The number of ketones is 1. The lowest BCUT2D eigenvalue weighted by Crippen LogP contribution is -2.40. The van der Waals surface area contributed by atoms with Crippen molar-refractivity contribution in [2.45, 2.75) is 18.4 Å². The third-order valence-electron chi connectivity index (χ3n) is 5.36. The summed E-state index contributed by atoms with van der Waals surface area (Å²) in [6.07, 6.45) is 0. The molecular formula is C23H26BrN3O5S2. The van der Waals surface area contributed by atoms with Gasteiger partial charge in [0.05, 0.1) is 36.1 Å². The van der Waals surface area contributed by atoms with Crippen molar-refractivity contribution in [3.05, 3.63) is 64.3 Å². The van der Waals surface area contributed by atoms with Gasteiger partial charge < -0.3 is 14.4 Å². The quantitative estimate of drug-likeness (QED) is 0.441. The lowest BCUT2D eigenvalue weighted by atomic mass is 10.1. The summed E-state index contributed by atoms with van der Waals surface area (Å²) in [7, 11) is -3.56. The zero-order valence-corrected chi connectivity index (χ0v) is 21.9. The highest BCUT2D eigenvalue weighted by Gasteiger charge is 2.26. The highest BCUT2D eigenvalue weighted by molar-refractivity contribution is 8.93. The maximum atomic E-state index is 12.9. The molecule has 8 nitrogen and oxygen atoms in total. The lowest BCUT2D eigenvalue weighted by Gasteiger charge is -2.26. The summed E-state index contributed by atoms with van der Waals surface area (Å²) >= 11 is 1.41. The maximum absolute atomic E-state index is 12.9. The Bertz CT molecular complexity index is 1310. The second-order valence-electron chi connectivity index (χ2n) is 7.54. The number of carbonyl (C=O) groups excluding carboxylic acids is 1. The van der Waals surface area contributed by atoms with E-state index in [9.17, 15) is 18.3 Å². The van der Waals surface area contributed by atoms with Crippen LogP contribution >= 0.6 is 28.3 Å². The summed E-state index contributed by atoms with van der Waals surface area (Å²) in [5.74, 6) is -0.0331. The van der Waals surface area contributed by atoms with Crippen molar-refractivity contribution in [1.29, 1.82) is 0 Å². The first-order valence-corrected chi connectivity index (χ1v) is 12.9. The van der Waals surface area contributed by atoms with Gasteiger partial charge in [0.1, 0.15) is 0 Å². The van der Waals surface area contributed by atoms with Gasteiger partial charge in [-0.3, -0.25) is 4.79 Å². The van der Waals surface area contributed by atoms with E-state index in [0.717, 1.165) is 11.3 Å². The Hall–Kier alpha value is -2.15. The van der Waals surface area contributed by atoms with Crippen molar-refractivity contribution in [3.63, 3.8) is 0 Å². The van der Waals surface area contributed by atoms with Gasteiger partial charge >= 0.3 is 0 Å². The molecule has 0 unspecified atom stereocenters. The summed E-state index contributed by atoms with van der Waals surface area (Å²) < 4.78 is 34.3. The van der Waals surface area contributed by atoms with E-state index >= 15 is 0 Å². The number of aliphatic hydroxyl groups excluding tert-OH is 1. The SMILES string of the molecule is Br.CC(=O)c1cccc(N=c2scc(-c3ccc(S(=O)(=O)N4CCOCC4)cc3)n2CCO)c1. The molecule has 0 aliphatic carbocycles. The molecule has 1 aromatic heterocycles. The molecule has 0 saturated carbocycles. The molecule has 0 amide bonds. The number of carbonyl (C=O) groups is 1. The van der Waals surface area contributed by atoms with Gasteiger partial charge in [-0.2, -0.15) is 4.31 Å². The molecule has 2 heterocycles. The summed E-state index contributed by atoms with van der Waals surface area (Å²) in [5, 5.41) is 11.5. The van der Waals surface area contributed by atoms with Crippen LogP contribution in [0.5, 0.6) is 0 Å². The summed E-state index contributed by atoms with van der Waals surface area (Å²) in [5.41, 5.74) is 2.87. The largest absolute Gasteiger partial charge is 0.395 e. The second-order valence-corrected chi connectivity index (χ2v) is 10.3. The number of Topliss-reactive ketones (excluding diaryl/α,β-unsaturated/α-hetero) is 1. The number of aromatic nitrogens is 1. The number of nitrogens with zero attached hydrogens (tertiary/aromatic N) is 3. The fraction of sp³-hybridized carbons (Fsp3) is 0.304. The predicted molar refractivity (Wildman–Crippen MR) is 136 cm³/mol. The van der Waals surface area contributed by atoms with Crippen LogP contribution in [0.2, 0.25) is 0 Å². The molecule has 0 spiro atoms. The van der Waals surface area contributed by atoms with E-state index in [0.29, 0.717) is 48.9 Å². The number of hydrogen-bond donors (Lipinski definition) is 1. The average Bonchev–Trinajstić information content (AvgIpc) is 3.22. The Balaban J connectivity index is 0.00000324. The summed E-state index contributed by atoms with van der Waals surface area (Å²) in [6, 6.07) is 13.8. The Morgan fingerprint density at radius 1 is 1.15 bits per heavy atom. The first kappa shape index (κ1) is 26.5. The number of thiazole rings is 1. The fourth-order valence-electron chi connectivity index (χ4n) is 3.60. The van der Waals surface area contributed by atoms with Crippen LogP contribution in [-0.2, 0) is 21.3 Å². The molecular weight excluding hydrogens is 542 g/mol. The lowest BCUT2D eigenvalue weighted by molar-refractivity contribution is 0.0730. The number of hydrogen-bond acceptors (Lipinski definition) is 7. The molecule has 1 aliphatic heterocycles. The number of morpholine rings is 1. The number of aliphatic hydroxyl groups is 1. The van der Waals surface area contributed by atoms with E-state index in [4.69, 9.17) is 4.74 Å². The number of rotatable bonds is 7. The number of benzene rings is 2. The van der Waals surface area contributed by atoms with Crippen molar-refractivity contribution < 1.29 is 23.1 Å². The molecule has 34 heavy (non-hydrogen) atoms. The Labute approximate surface area is 213 Å². The first-order chi connectivity index (χ1) is 15.9. The topological polar surface area (TPSA) is 101 Å². The van der Waals surface area contributed by atoms with E-state index in [1.54, 1.807) is 42.5 Å². The van der Waals surface area contributed by atoms with Crippen LogP contribution in [0.1, 0.15) is 17.3 Å². The molecule has 1 saturated heterocycles. The van der Waals surface area contributed by atoms with Crippen LogP contribution in [0, 0.1) is 0 Å². The van der Waals surface area contributed by atoms with Gasteiger partial charge in [-0.15, -0.1) is 28.3 Å². The standard InChI is InChI=1S/C23H25N3O5S2.BrH/c1-17(28)19-3-2-4-20(15-19)24-23-26(9-12-27)22(16-32-23)18-5-7-21(8-6-18)33(29,30)25-10-13-31-14-11-25;/h2-8,15-16,27H,9-14H2,1H3;1H. The maximum Gasteiger partial charge on any atom is 0.243 e. The Kier molecular flexibility index (Phi) is 8.96. The van der Waals surface area contributed by atoms with Gasteiger partial charge in [0.25, 0.3) is 0 Å². The van der Waals surface area contributed by atoms with Crippen LogP contribution < -0.4 is 4.80 Å². The monoisotopic (exact) mass is 567 g/mol. The van der Waals surface area contributed by atoms with Gasteiger partial charge in [-0.05, 0) is 36.8 Å². The molecule has 11 heteroatoms. The van der Waals surface area contributed by atoms with Gasteiger partial charge in [0.15, 0.2) is 10.6 Å². The zero-order valence-electron chi connectivity index (χ0n) is 18.6. The fourth-order valence-corrected chi connectivity index (χ4v) is 5.97. The first-order valence-electron chi connectivity index (χ1n) is 10.5. The predicted octanol–water partition coefficient (Wildman–Crippen LogP) is 3.24. The molecule has 2 aromatic carbocycles. The van der Waals surface area contributed by atoms with Crippen molar-refractivity contribution in [2.75, 3.05) is 32.9 Å². The normalized spacial score (nSPS) is 15.2. The van der Waals surface area contributed by atoms with Gasteiger partial charge in [0.2, 0.25) is 10.0 Å². The highest BCUT2D eigenvalue weighted by Crippen LogP contribution is 2.25. The van der Waals surface area contributed by atoms with Crippen molar-refractivity contribution >= 4 is 49.8 Å². The minimum atomic E-state index is -3.56. The number of ether oxygens (including phenoxy) is 1. The highest BCUT2D eigenvalue weighted by atomic mass is 79.9. The van der Waals surface area contributed by atoms with Gasteiger partial charge in [0, 0.05) is 30.6 Å². The average molecular weight is 569 g/mol. The number of sulfonamides is 1. The van der Waals surface area contributed by atoms with E-state index in [1.807, 2.05) is 16.0 Å². The van der Waals surface area contributed by atoms with Crippen LogP contribution in [0.3, 0.4) is 0 Å². The number of halogens is 1. The minimum absolute atomic E-state index is 0. The van der Waals surface area contributed by atoms with E-state index < -0.39 is 10.0 Å². The third kappa shape index (κ3) is 5.73. The van der Waals surface area contributed by atoms with E-state index in [1.165, 1.54) is 22.6 Å². The molecule has 0 atom stereocenters. The smallest absolute Gasteiger partial charge is 0.243 e. The molecule has 1 N–H and O–H groups in total. The van der Waals surface area contributed by atoms with Crippen LogP contribution in [0.25, 0.3) is 11.3 Å². The summed E-state index contributed by atoms with van der Waals surface area (Å²) in [6.45, 7) is 3.26.